The molecular formula is C13H18N4. The highest BCUT2D eigenvalue weighted by Crippen LogP contribution is 2.11. The fourth-order valence-electron chi connectivity index (χ4n) is 1.89. The smallest absolute Gasteiger partial charge is 0.145 e. The number of hydrogen-bond acceptors (Lipinski definition) is 3. The second-order valence-corrected chi connectivity index (χ2v) is 4.42. The third-order valence-electron chi connectivity index (χ3n) is 2.79. The van der Waals surface area contributed by atoms with Crippen LogP contribution in [0.25, 0.3) is 0 Å². The summed E-state index contributed by atoms with van der Waals surface area (Å²) in [4.78, 5) is 2.23. The predicted molar refractivity (Wildman–Crippen MR) is 69.4 cm³/mol. The van der Waals surface area contributed by atoms with Crippen molar-refractivity contribution in [3.63, 3.8) is 0 Å². The zero-order valence-electron chi connectivity index (χ0n) is 10.3. The molecule has 90 valence electrons. The molecular weight excluding hydrogens is 212 g/mol. The van der Waals surface area contributed by atoms with Crippen LogP contribution in [0.15, 0.2) is 30.3 Å². The van der Waals surface area contributed by atoms with Crippen LogP contribution in [0, 0.1) is 6.92 Å². The van der Waals surface area contributed by atoms with Crippen molar-refractivity contribution in [1.82, 2.24) is 15.1 Å². The van der Waals surface area contributed by atoms with Crippen LogP contribution < -0.4 is 5.73 Å². The molecule has 17 heavy (non-hydrogen) atoms. The van der Waals surface area contributed by atoms with Gasteiger partial charge in [0.1, 0.15) is 5.82 Å². The van der Waals surface area contributed by atoms with E-state index >= 15 is 0 Å². The SMILES string of the molecule is Cc1ccccc1CN(C)Cc1cc(N)n[nH]1. The molecule has 0 aliphatic heterocycles. The molecule has 2 aromatic rings. The van der Waals surface area contributed by atoms with E-state index in [0.717, 1.165) is 18.8 Å². The zero-order chi connectivity index (χ0) is 12.3. The first-order valence-corrected chi connectivity index (χ1v) is 5.68. The number of aromatic amines is 1. The lowest BCUT2D eigenvalue weighted by molar-refractivity contribution is 0.314. The Morgan fingerprint density at radius 3 is 2.71 bits per heavy atom. The van der Waals surface area contributed by atoms with Crippen molar-refractivity contribution in [2.75, 3.05) is 12.8 Å². The highest BCUT2D eigenvalue weighted by atomic mass is 15.2. The van der Waals surface area contributed by atoms with Gasteiger partial charge in [0.15, 0.2) is 0 Å². The molecule has 0 saturated carbocycles. The van der Waals surface area contributed by atoms with Crippen LogP contribution in [0.1, 0.15) is 16.8 Å². The number of nitrogens with one attached hydrogen (secondary N) is 1. The van der Waals surface area contributed by atoms with Crippen LogP contribution in [0.3, 0.4) is 0 Å². The molecule has 0 aliphatic carbocycles. The van der Waals surface area contributed by atoms with Crippen molar-refractivity contribution in [3.05, 3.63) is 47.2 Å². The Labute approximate surface area is 101 Å². The fourth-order valence-corrected chi connectivity index (χ4v) is 1.89. The Morgan fingerprint density at radius 1 is 1.29 bits per heavy atom. The van der Waals surface area contributed by atoms with Gasteiger partial charge in [-0.25, -0.2) is 0 Å². The highest BCUT2D eigenvalue weighted by Gasteiger charge is 2.05. The van der Waals surface area contributed by atoms with Crippen LogP contribution in [0.2, 0.25) is 0 Å². The van der Waals surface area contributed by atoms with Gasteiger partial charge < -0.3 is 5.73 Å². The minimum Gasteiger partial charge on any atom is -0.382 e. The number of anilines is 1. The fraction of sp³-hybridized carbons (Fsp3) is 0.308. The first kappa shape index (κ1) is 11.7. The number of nitrogens with zero attached hydrogens (tertiary/aromatic N) is 2. The van der Waals surface area contributed by atoms with Gasteiger partial charge in [0, 0.05) is 19.2 Å². The molecule has 0 unspecified atom stereocenters. The highest BCUT2D eigenvalue weighted by molar-refractivity contribution is 5.28. The average Bonchev–Trinajstić information content (AvgIpc) is 2.67. The number of benzene rings is 1. The first-order valence-electron chi connectivity index (χ1n) is 5.68. The Morgan fingerprint density at radius 2 is 2.06 bits per heavy atom. The first-order chi connectivity index (χ1) is 8.15. The summed E-state index contributed by atoms with van der Waals surface area (Å²) in [5.74, 6) is 0.546. The molecule has 1 heterocycles. The summed E-state index contributed by atoms with van der Waals surface area (Å²) in [7, 11) is 2.09. The van der Waals surface area contributed by atoms with Crippen molar-refractivity contribution in [3.8, 4) is 0 Å². The van der Waals surface area contributed by atoms with E-state index in [1.165, 1.54) is 11.1 Å². The van der Waals surface area contributed by atoms with Crippen molar-refractivity contribution >= 4 is 5.82 Å². The number of nitrogens with two attached hydrogens (primary N) is 1. The van der Waals surface area contributed by atoms with Gasteiger partial charge in [-0.3, -0.25) is 10.00 Å². The number of aryl methyl sites for hydroxylation is 1. The van der Waals surface area contributed by atoms with Gasteiger partial charge in [-0.2, -0.15) is 5.10 Å². The lowest BCUT2D eigenvalue weighted by Crippen LogP contribution is -2.18. The van der Waals surface area contributed by atoms with Gasteiger partial charge in [-0.05, 0) is 25.1 Å². The van der Waals surface area contributed by atoms with Gasteiger partial charge in [0.05, 0.1) is 5.69 Å². The molecule has 0 radical (unpaired) electrons. The second-order valence-electron chi connectivity index (χ2n) is 4.42. The third kappa shape index (κ3) is 3.07. The molecule has 2 rings (SSSR count). The number of aromatic nitrogens is 2. The molecule has 0 bridgehead atoms. The van der Waals surface area contributed by atoms with Crippen molar-refractivity contribution in [2.45, 2.75) is 20.0 Å². The van der Waals surface area contributed by atoms with E-state index in [0.29, 0.717) is 5.82 Å². The summed E-state index contributed by atoms with van der Waals surface area (Å²) in [5, 5.41) is 6.84. The van der Waals surface area contributed by atoms with Gasteiger partial charge in [-0.1, -0.05) is 24.3 Å². The number of H-pyrrole nitrogens is 1. The molecule has 0 aliphatic rings. The largest absolute Gasteiger partial charge is 0.382 e. The molecule has 1 aromatic heterocycles. The molecule has 0 spiro atoms. The maximum Gasteiger partial charge on any atom is 0.145 e. The van der Waals surface area contributed by atoms with E-state index in [-0.39, 0.29) is 0 Å². The van der Waals surface area contributed by atoms with Gasteiger partial charge >= 0.3 is 0 Å². The van der Waals surface area contributed by atoms with Crippen LogP contribution in [0.5, 0.6) is 0 Å². The number of rotatable bonds is 4. The normalized spacial score (nSPS) is 11.0. The molecule has 0 saturated heterocycles. The van der Waals surface area contributed by atoms with Crippen LogP contribution in [-0.4, -0.2) is 22.1 Å². The van der Waals surface area contributed by atoms with E-state index in [1.807, 2.05) is 6.07 Å². The lowest BCUT2D eigenvalue weighted by Gasteiger charge is -2.16. The minimum atomic E-state index is 0.546. The molecule has 0 atom stereocenters. The van der Waals surface area contributed by atoms with E-state index in [1.54, 1.807) is 0 Å². The van der Waals surface area contributed by atoms with Crippen LogP contribution >= 0.6 is 0 Å². The quantitative estimate of drug-likeness (QED) is 0.843. The summed E-state index contributed by atoms with van der Waals surface area (Å²) in [6, 6.07) is 10.3. The molecule has 1 aromatic carbocycles. The summed E-state index contributed by atoms with van der Waals surface area (Å²) < 4.78 is 0. The molecule has 4 nitrogen and oxygen atoms in total. The van der Waals surface area contributed by atoms with Crippen molar-refractivity contribution in [1.29, 1.82) is 0 Å². The minimum absolute atomic E-state index is 0.546. The molecule has 3 N–H and O–H groups in total. The molecule has 4 heteroatoms. The van der Waals surface area contributed by atoms with Gasteiger partial charge in [-0.15, -0.1) is 0 Å². The maximum atomic E-state index is 5.57. The molecule has 0 fully saturated rings. The Kier molecular flexibility index (Phi) is 3.44. The third-order valence-corrected chi connectivity index (χ3v) is 2.79. The van der Waals surface area contributed by atoms with E-state index in [2.05, 4.69) is 53.3 Å². The summed E-state index contributed by atoms with van der Waals surface area (Å²) in [5.41, 5.74) is 9.28. The summed E-state index contributed by atoms with van der Waals surface area (Å²) >= 11 is 0. The second kappa shape index (κ2) is 5.01. The summed E-state index contributed by atoms with van der Waals surface area (Å²) in [6.45, 7) is 3.88. The topological polar surface area (TPSA) is 57.9 Å². The van der Waals surface area contributed by atoms with E-state index < -0.39 is 0 Å². The average molecular weight is 230 g/mol. The number of hydrogen-bond donors (Lipinski definition) is 2. The molecule has 0 amide bonds. The monoisotopic (exact) mass is 230 g/mol. The number of nitrogen functional groups attached to an aromatic ring is 1. The Balaban J connectivity index is 1.98. The lowest BCUT2D eigenvalue weighted by atomic mass is 10.1. The Bertz CT molecular complexity index is 490. The Hall–Kier alpha value is -1.81. The zero-order valence-corrected chi connectivity index (χ0v) is 10.3. The standard InChI is InChI=1S/C13H18N4/c1-10-5-3-4-6-11(10)8-17(2)9-12-7-13(14)16-15-12/h3-7H,8-9H2,1-2H3,(H3,14,15,16). The maximum absolute atomic E-state index is 5.57. The van der Waals surface area contributed by atoms with Gasteiger partial charge in [0.25, 0.3) is 0 Å². The van der Waals surface area contributed by atoms with Gasteiger partial charge in [0.2, 0.25) is 0 Å². The van der Waals surface area contributed by atoms with Crippen LogP contribution in [-0.2, 0) is 13.1 Å². The summed E-state index contributed by atoms with van der Waals surface area (Å²) in [6.07, 6.45) is 0. The van der Waals surface area contributed by atoms with Crippen LogP contribution in [0.4, 0.5) is 5.82 Å². The van der Waals surface area contributed by atoms with Crippen molar-refractivity contribution < 1.29 is 0 Å². The van der Waals surface area contributed by atoms with Crippen molar-refractivity contribution in [2.24, 2.45) is 0 Å². The van der Waals surface area contributed by atoms with E-state index in [9.17, 15) is 0 Å². The predicted octanol–water partition coefficient (Wildman–Crippen LogP) is 1.93. The van der Waals surface area contributed by atoms with E-state index in [4.69, 9.17) is 5.73 Å².